The van der Waals surface area contributed by atoms with Crippen LogP contribution < -0.4 is 0 Å². The van der Waals surface area contributed by atoms with E-state index in [0.29, 0.717) is 24.0 Å². The number of aliphatic hydroxyl groups is 1. The highest BCUT2D eigenvalue weighted by Gasteiger charge is 2.47. The Hall–Kier alpha value is -2.31. The third-order valence-electron chi connectivity index (χ3n) is 8.72. The Kier molecular flexibility index (Phi) is 13.0. The van der Waals surface area contributed by atoms with Gasteiger partial charge in [-0.15, -0.1) is 0 Å². The predicted octanol–water partition coefficient (Wildman–Crippen LogP) is 4.20. The van der Waals surface area contributed by atoms with Crippen molar-refractivity contribution in [2.24, 2.45) is 11.8 Å². The standard InChI is InChI=1S/C32H53NO10/c1-13-24-31(7,43-30(37)38-11)16-20(4)25(34)21(5)17-32(8,39-12)27(18(2)14-19(3)28(36)41-24)42-29-26(35)23(33(9)10)15-22(6)40-29/h14,16,18,21-24,26-27,29,35H,13,15,17H2,1-12H3/b19-14+,20-16+/t18-,21+,22+,23-,24+,26+,27+,29-,31-,32+/m0/s1. The molecule has 0 unspecified atom stereocenters. The van der Waals surface area contributed by atoms with E-state index >= 15 is 0 Å². The summed E-state index contributed by atoms with van der Waals surface area (Å²) < 4.78 is 34.9. The molecule has 11 heteroatoms. The van der Waals surface area contributed by atoms with Crippen LogP contribution in [0.2, 0.25) is 0 Å². The summed E-state index contributed by atoms with van der Waals surface area (Å²) in [4.78, 5) is 41.3. The first-order chi connectivity index (χ1) is 19.9. The third kappa shape index (κ3) is 8.88. The first kappa shape index (κ1) is 36.9. The number of esters is 1. The summed E-state index contributed by atoms with van der Waals surface area (Å²) in [5, 5.41) is 11.2. The van der Waals surface area contributed by atoms with E-state index in [2.05, 4.69) is 0 Å². The van der Waals surface area contributed by atoms with Crippen molar-refractivity contribution in [2.75, 3.05) is 28.3 Å². The van der Waals surface area contributed by atoms with Gasteiger partial charge >= 0.3 is 12.1 Å². The number of ether oxygens (including phenoxy) is 6. The minimum absolute atomic E-state index is 0.170. The lowest BCUT2D eigenvalue weighted by Gasteiger charge is -2.46. The number of ketones is 1. The molecule has 43 heavy (non-hydrogen) atoms. The number of methoxy groups -OCH3 is 2. The van der Waals surface area contributed by atoms with Gasteiger partial charge in [-0.05, 0) is 79.6 Å². The molecule has 0 amide bonds. The maximum Gasteiger partial charge on any atom is 0.508 e. The van der Waals surface area contributed by atoms with E-state index in [1.54, 1.807) is 47.8 Å². The summed E-state index contributed by atoms with van der Waals surface area (Å²) in [6, 6.07) is -0.190. The molecule has 2 heterocycles. The van der Waals surface area contributed by atoms with E-state index in [0.717, 1.165) is 0 Å². The fourth-order valence-corrected chi connectivity index (χ4v) is 6.32. The number of allylic oxidation sites excluding steroid dienone is 1. The third-order valence-corrected chi connectivity index (χ3v) is 8.72. The molecule has 0 aromatic heterocycles. The average molecular weight is 612 g/mol. The van der Waals surface area contributed by atoms with Gasteiger partial charge in [-0.25, -0.2) is 9.59 Å². The Bertz CT molecular complexity index is 1060. The van der Waals surface area contributed by atoms with Crippen molar-refractivity contribution in [3.8, 4) is 0 Å². The van der Waals surface area contributed by atoms with Gasteiger partial charge in [0.25, 0.3) is 0 Å². The smallest absolute Gasteiger partial charge is 0.454 e. The van der Waals surface area contributed by atoms with Gasteiger partial charge < -0.3 is 38.4 Å². The van der Waals surface area contributed by atoms with Crippen LogP contribution in [-0.2, 0) is 38.0 Å². The molecule has 1 N–H and O–H groups in total. The number of carbonyl (C=O) groups excluding carboxylic acids is 3. The highest BCUT2D eigenvalue weighted by Crippen LogP contribution is 2.37. The summed E-state index contributed by atoms with van der Waals surface area (Å²) in [6.07, 6.45) is -0.251. The maximum absolute atomic E-state index is 13.7. The topological polar surface area (TPSA) is 130 Å². The van der Waals surface area contributed by atoms with E-state index in [1.165, 1.54) is 13.2 Å². The highest BCUT2D eigenvalue weighted by atomic mass is 16.7. The lowest BCUT2D eigenvalue weighted by atomic mass is 9.79. The van der Waals surface area contributed by atoms with Gasteiger partial charge in [-0.1, -0.05) is 26.8 Å². The van der Waals surface area contributed by atoms with Crippen molar-refractivity contribution in [3.63, 3.8) is 0 Å². The minimum atomic E-state index is -1.47. The number of aliphatic hydroxyl groups excluding tert-OH is 1. The number of Topliss-reactive ketones (excluding diaryl/α,β-unsaturated/α-hetero) is 1. The lowest BCUT2D eigenvalue weighted by Crippen LogP contribution is -2.58. The van der Waals surface area contributed by atoms with Gasteiger partial charge in [0, 0.05) is 30.6 Å². The normalized spacial score (nSPS) is 40.9. The molecule has 2 aliphatic heterocycles. The Morgan fingerprint density at radius 2 is 1.74 bits per heavy atom. The van der Waals surface area contributed by atoms with Crippen LogP contribution in [0.25, 0.3) is 0 Å². The van der Waals surface area contributed by atoms with E-state index in [9.17, 15) is 19.5 Å². The van der Waals surface area contributed by atoms with Crippen LogP contribution in [-0.4, -0.2) is 104 Å². The molecular weight excluding hydrogens is 558 g/mol. The van der Waals surface area contributed by atoms with Crippen molar-refractivity contribution in [3.05, 3.63) is 23.3 Å². The fourth-order valence-electron chi connectivity index (χ4n) is 6.32. The molecule has 2 aliphatic rings. The molecule has 2 rings (SSSR count). The van der Waals surface area contributed by atoms with Gasteiger partial charge in [-0.2, -0.15) is 0 Å². The van der Waals surface area contributed by atoms with Gasteiger partial charge in [0.05, 0.1) is 24.9 Å². The number of nitrogens with zero attached hydrogens (tertiary/aromatic N) is 1. The second-order valence-electron chi connectivity index (χ2n) is 12.7. The second-order valence-corrected chi connectivity index (χ2v) is 12.7. The number of rotatable bonds is 6. The van der Waals surface area contributed by atoms with Crippen molar-refractivity contribution in [1.82, 2.24) is 4.90 Å². The molecule has 1 fully saturated rings. The van der Waals surface area contributed by atoms with E-state index < -0.39 is 59.8 Å². The Morgan fingerprint density at radius 1 is 1.12 bits per heavy atom. The minimum Gasteiger partial charge on any atom is -0.454 e. The largest absolute Gasteiger partial charge is 0.508 e. The number of likely N-dealkylation sites (N-methyl/N-ethyl adjacent to an activating group) is 1. The molecule has 246 valence electrons. The Balaban J connectivity index is 2.64. The van der Waals surface area contributed by atoms with Crippen LogP contribution in [0.5, 0.6) is 0 Å². The highest BCUT2D eigenvalue weighted by molar-refractivity contribution is 5.96. The molecule has 0 aliphatic carbocycles. The molecule has 0 aromatic rings. The SMILES string of the molecule is CC[C@H]1OC(=O)/C(C)=C/[C@H](C)[C@@H](O[C@@H]2O[C@H](C)C[C@H](N(C)C)[C@H]2O)[C@](C)(OC)C[C@@H](C)C(=O)/C(C)=C/[C@]1(C)OC(=O)OC. The monoisotopic (exact) mass is 611 g/mol. The number of cyclic esters (lactones) is 1. The summed E-state index contributed by atoms with van der Waals surface area (Å²) in [7, 11) is 6.53. The molecule has 0 bridgehead atoms. The average Bonchev–Trinajstić information content (AvgIpc) is 2.93. The van der Waals surface area contributed by atoms with E-state index in [4.69, 9.17) is 28.4 Å². The summed E-state index contributed by atoms with van der Waals surface area (Å²) >= 11 is 0. The van der Waals surface area contributed by atoms with Gasteiger partial charge in [0.15, 0.2) is 17.7 Å². The molecular formula is C32H53NO10. The molecule has 1 saturated heterocycles. The first-order valence-electron chi connectivity index (χ1n) is 15.0. The number of carbonyl (C=O) groups is 3. The summed E-state index contributed by atoms with van der Waals surface area (Å²) in [5.74, 6) is -1.80. The van der Waals surface area contributed by atoms with Crippen LogP contribution in [0.4, 0.5) is 4.79 Å². The van der Waals surface area contributed by atoms with Gasteiger partial charge in [0.2, 0.25) is 0 Å². The molecule has 0 radical (unpaired) electrons. The maximum atomic E-state index is 13.7. The zero-order valence-electron chi connectivity index (χ0n) is 28.0. The quantitative estimate of drug-likeness (QED) is 0.434. The van der Waals surface area contributed by atoms with Crippen LogP contribution in [0, 0.1) is 11.8 Å². The van der Waals surface area contributed by atoms with Crippen molar-refractivity contribution in [1.29, 1.82) is 0 Å². The van der Waals surface area contributed by atoms with E-state index in [-0.39, 0.29) is 24.3 Å². The fraction of sp³-hybridized carbons (Fsp3) is 0.781. The summed E-state index contributed by atoms with van der Waals surface area (Å²) in [6.45, 7) is 14.1. The van der Waals surface area contributed by atoms with Crippen molar-refractivity contribution in [2.45, 2.75) is 123 Å². The number of hydrogen-bond acceptors (Lipinski definition) is 11. The Labute approximate surface area is 256 Å². The molecule has 0 aromatic carbocycles. The lowest BCUT2D eigenvalue weighted by molar-refractivity contribution is -0.294. The van der Waals surface area contributed by atoms with Gasteiger partial charge in [-0.3, -0.25) is 4.79 Å². The van der Waals surface area contributed by atoms with Crippen LogP contribution in [0.3, 0.4) is 0 Å². The molecule has 0 saturated carbocycles. The molecule has 10 atom stereocenters. The first-order valence-corrected chi connectivity index (χ1v) is 15.0. The van der Waals surface area contributed by atoms with E-state index in [1.807, 2.05) is 39.8 Å². The zero-order valence-corrected chi connectivity index (χ0v) is 28.0. The zero-order chi connectivity index (χ0) is 32.9. The van der Waals surface area contributed by atoms with Crippen LogP contribution in [0.1, 0.15) is 74.7 Å². The summed E-state index contributed by atoms with van der Waals surface area (Å²) in [5.41, 5.74) is -1.88. The second kappa shape index (κ2) is 15.1. The number of hydrogen-bond donors (Lipinski definition) is 1. The Morgan fingerprint density at radius 3 is 2.28 bits per heavy atom. The van der Waals surface area contributed by atoms with Crippen molar-refractivity contribution < 1.29 is 47.9 Å². The predicted molar refractivity (Wildman–Crippen MR) is 160 cm³/mol. The van der Waals surface area contributed by atoms with Crippen molar-refractivity contribution >= 4 is 17.9 Å². The van der Waals surface area contributed by atoms with Crippen LogP contribution in [0.15, 0.2) is 23.3 Å². The van der Waals surface area contributed by atoms with Gasteiger partial charge in [0.1, 0.15) is 12.2 Å². The van der Waals surface area contributed by atoms with Crippen LogP contribution >= 0.6 is 0 Å². The molecule has 0 spiro atoms. The molecule has 11 nitrogen and oxygen atoms in total.